The van der Waals surface area contributed by atoms with E-state index >= 15 is 0 Å². The van der Waals surface area contributed by atoms with Gasteiger partial charge in [-0.3, -0.25) is 9.98 Å². The highest BCUT2D eigenvalue weighted by molar-refractivity contribution is 6.07. The van der Waals surface area contributed by atoms with E-state index in [0.29, 0.717) is 0 Å². The Kier molecular flexibility index (Phi) is 4.65. The summed E-state index contributed by atoms with van der Waals surface area (Å²) in [6.45, 7) is 6.12. The number of nitrogens with zero attached hydrogens (tertiary/aromatic N) is 2. The number of pyridine rings is 1. The lowest BCUT2D eigenvalue weighted by molar-refractivity contribution is 1.24. The topological polar surface area (TPSA) is 25.2 Å². The molecule has 1 aromatic heterocycles. The SMILES string of the molecule is C\C=C/C(C)=C\C(=N\C)c1cc(C)ccn1. The molecule has 2 nitrogen and oxygen atoms in total. The van der Waals surface area contributed by atoms with Gasteiger partial charge >= 0.3 is 0 Å². The van der Waals surface area contributed by atoms with Crippen molar-refractivity contribution in [1.82, 2.24) is 4.98 Å². The lowest BCUT2D eigenvalue weighted by Crippen LogP contribution is -2.01. The van der Waals surface area contributed by atoms with Crippen LogP contribution in [0.15, 0.2) is 47.1 Å². The largest absolute Gasteiger partial charge is 0.286 e. The van der Waals surface area contributed by atoms with E-state index in [-0.39, 0.29) is 0 Å². The van der Waals surface area contributed by atoms with Crippen LogP contribution in [0.3, 0.4) is 0 Å². The molecule has 0 spiro atoms. The van der Waals surface area contributed by atoms with E-state index in [1.54, 1.807) is 7.05 Å². The van der Waals surface area contributed by atoms with Crippen molar-refractivity contribution in [3.05, 3.63) is 53.4 Å². The zero-order valence-corrected chi connectivity index (χ0v) is 10.4. The first-order chi connectivity index (χ1) is 7.67. The molecule has 0 aliphatic rings. The lowest BCUT2D eigenvalue weighted by Gasteiger charge is -2.02. The summed E-state index contributed by atoms with van der Waals surface area (Å²) >= 11 is 0. The average molecular weight is 214 g/mol. The summed E-state index contributed by atoms with van der Waals surface area (Å²) in [5, 5.41) is 0. The van der Waals surface area contributed by atoms with Gasteiger partial charge in [-0.05, 0) is 50.1 Å². The smallest absolute Gasteiger partial charge is 0.0884 e. The van der Waals surface area contributed by atoms with E-state index in [1.165, 1.54) is 11.1 Å². The van der Waals surface area contributed by atoms with Crippen LogP contribution >= 0.6 is 0 Å². The van der Waals surface area contributed by atoms with Crippen LogP contribution in [0.25, 0.3) is 0 Å². The zero-order chi connectivity index (χ0) is 12.0. The van der Waals surface area contributed by atoms with Gasteiger partial charge in [0.25, 0.3) is 0 Å². The Hall–Kier alpha value is -1.70. The first-order valence-corrected chi connectivity index (χ1v) is 5.38. The Morgan fingerprint density at radius 1 is 1.44 bits per heavy atom. The number of hydrogen-bond donors (Lipinski definition) is 0. The Balaban J connectivity index is 3.05. The minimum Gasteiger partial charge on any atom is -0.286 e. The monoisotopic (exact) mass is 214 g/mol. The van der Waals surface area contributed by atoms with E-state index in [4.69, 9.17) is 0 Å². The molecule has 0 atom stereocenters. The Morgan fingerprint density at radius 2 is 2.19 bits per heavy atom. The summed E-state index contributed by atoms with van der Waals surface area (Å²) in [4.78, 5) is 8.59. The number of aromatic nitrogens is 1. The second kappa shape index (κ2) is 6.01. The molecule has 0 saturated heterocycles. The number of aliphatic imine (C=N–C) groups is 1. The standard InChI is InChI=1S/C14H18N2/c1-5-6-11(2)9-13(15-4)14-10-12(3)7-8-16-14/h5-10H,1-4H3/b6-5-,11-9-,15-13-. The van der Waals surface area contributed by atoms with Crippen LogP contribution in [0.4, 0.5) is 0 Å². The molecule has 0 fully saturated rings. The van der Waals surface area contributed by atoms with Gasteiger partial charge in [0.05, 0.1) is 11.4 Å². The van der Waals surface area contributed by atoms with Gasteiger partial charge in [0.2, 0.25) is 0 Å². The molecule has 0 saturated carbocycles. The molecule has 0 amide bonds. The van der Waals surface area contributed by atoms with Gasteiger partial charge < -0.3 is 0 Å². The van der Waals surface area contributed by atoms with Crippen molar-refractivity contribution in [2.24, 2.45) is 4.99 Å². The summed E-state index contributed by atoms with van der Waals surface area (Å²) in [6.07, 6.45) is 7.93. The molecule has 1 rings (SSSR count). The van der Waals surface area contributed by atoms with Gasteiger partial charge in [-0.2, -0.15) is 0 Å². The van der Waals surface area contributed by atoms with Crippen LogP contribution < -0.4 is 0 Å². The van der Waals surface area contributed by atoms with Crippen LogP contribution in [0.1, 0.15) is 25.1 Å². The van der Waals surface area contributed by atoms with Gasteiger partial charge in [-0.15, -0.1) is 0 Å². The predicted octanol–water partition coefficient (Wildman–Crippen LogP) is 3.33. The maximum Gasteiger partial charge on any atom is 0.0884 e. The average Bonchev–Trinajstić information content (AvgIpc) is 2.26. The lowest BCUT2D eigenvalue weighted by atomic mass is 10.1. The fraction of sp³-hybridized carbons (Fsp3) is 0.286. The maximum absolute atomic E-state index is 4.32. The molecule has 0 unspecified atom stereocenters. The second-order valence-electron chi connectivity index (χ2n) is 3.72. The van der Waals surface area contributed by atoms with E-state index < -0.39 is 0 Å². The summed E-state index contributed by atoms with van der Waals surface area (Å²) in [7, 11) is 1.79. The summed E-state index contributed by atoms with van der Waals surface area (Å²) in [5.74, 6) is 0. The minimum atomic E-state index is 0.916. The molecule has 0 aliphatic heterocycles. The molecule has 1 heterocycles. The third-order valence-electron chi connectivity index (χ3n) is 2.21. The van der Waals surface area contributed by atoms with Crippen molar-refractivity contribution in [1.29, 1.82) is 0 Å². The molecule has 1 aromatic rings. The predicted molar refractivity (Wildman–Crippen MR) is 70.0 cm³/mol. The number of rotatable bonds is 3. The molecule has 0 aliphatic carbocycles. The van der Waals surface area contributed by atoms with Gasteiger partial charge in [0.1, 0.15) is 0 Å². The normalized spacial score (nSPS) is 13.5. The Morgan fingerprint density at radius 3 is 2.75 bits per heavy atom. The van der Waals surface area contributed by atoms with Crippen molar-refractivity contribution in [2.75, 3.05) is 7.05 Å². The van der Waals surface area contributed by atoms with Gasteiger partial charge in [-0.25, -0.2) is 0 Å². The van der Waals surface area contributed by atoms with Crippen LogP contribution in [0, 0.1) is 6.92 Å². The van der Waals surface area contributed by atoms with E-state index in [0.717, 1.165) is 11.4 Å². The summed E-state index contributed by atoms with van der Waals surface area (Å²) < 4.78 is 0. The Bertz CT molecular complexity index is 440. The van der Waals surface area contributed by atoms with Crippen molar-refractivity contribution >= 4 is 5.71 Å². The van der Waals surface area contributed by atoms with Crippen molar-refractivity contribution in [2.45, 2.75) is 20.8 Å². The van der Waals surface area contributed by atoms with Crippen LogP contribution in [-0.2, 0) is 0 Å². The number of aryl methyl sites for hydroxylation is 1. The van der Waals surface area contributed by atoms with E-state index in [2.05, 4.69) is 29.9 Å². The molecule has 16 heavy (non-hydrogen) atoms. The molecular formula is C14H18N2. The zero-order valence-electron chi connectivity index (χ0n) is 10.4. The molecular weight excluding hydrogens is 196 g/mol. The van der Waals surface area contributed by atoms with E-state index in [9.17, 15) is 0 Å². The molecule has 0 aromatic carbocycles. The molecule has 0 radical (unpaired) electrons. The fourth-order valence-electron chi connectivity index (χ4n) is 1.46. The Labute approximate surface area is 97.5 Å². The quantitative estimate of drug-likeness (QED) is 0.559. The van der Waals surface area contributed by atoms with Crippen molar-refractivity contribution in [3.63, 3.8) is 0 Å². The first kappa shape index (κ1) is 12.4. The number of allylic oxidation sites excluding steroid dienone is 4. The van der Waals surface area contributed by atoms with E-state index in [1.807, 2.05) is 37.4 Å². The molecule has 2 heteroatoms. The van der Waals surface area contributed by atoms with Crippen LogP contribution in [0.2, 0.25) is 0 Å². The molecule has 0 bridgehead atoms. The molecule has 84 valence electrons. The van der Waals surface area contributed by atoms with Crippen molar-refractivity contribution < 1.29 is 0 Å². The summed E-state index contributed by atoms with van der Waals surface area (Å²) in [5.41, 5.74) is 4.21. The third kappa shape index (κ3) is 3.46. The highest BCUT2D eigenvalue weighted by Gasteiger charge is 2.01. The highest BCUT2D eigenvalue weighted by atomic mass is 14.8. The summed E-state index contributed by atoms with van der Waals surface area (Å²) in [6, 6.07) is 4.03. The van der Waals surface area contributed by atoms with Gasteiger partial charge in [-0.1, -0.05) is 12.2 Å². The molecule has 0 N–H and O–H groups in total. The maximum atomic E-state index is 4.32. The van der Waals surface area contributed by atoms with Crippen LogP contribution in [0.5, 0.6) is 0 Å². The van der Waals surface area contributed by atoms with Crippen molar-refractivity contribution in [3.8, 4) is 0 Å². The second-order valence-corrected chi connectivity index (χ2v) is 3.72. The number of hydrogen-bond acceptors (Lipinski definition) is 2. The van der Waals surface area contributed by atoms with Crippen LogP contribution in [-0.4, -0.2) is 17.7 Å². The fourth-order valence-corrected chi connectivity index (χ4v) is 1.46. The third-order valence-corrected chi connectivity index (χ3v) is 2.21. The van der Waals surface area contributed by atoms with Gasteiger partial charge in [0.15, 0.2) is 0 Å². The first-order valence-electron chi connectivity index (χ1n) is 5.38. The van der Waals surface area contributed by atoms with Gasteiger partial charge in [0, 0.05) is 13.2 Å². The highest BCUT2D eigenvalue weighted by Crippen LogP contribution is 2.05. The minimum absolute atomic E-state index is 0.916.